The summed E-state index contributed by atoms with van der Waals surface area (Å²) >= 11 is 0. The van der Waals surface area contributed by atoms with Crippen molar-refractivity contribution in [3.8, 4) is 0 Å². The number of likely N-dealkylation sites (N-methyl/N-ethyl adjacent to an activating group) is 1. The second-order valence-corrected chi connectivity index (χ2v) is 5.43. The van der Waals surface area contributed by atoms with Gasteiger partial charge in [0.2, 0.25) is 0 Å². The average Bonchev–Trinajstić information content (AvgIpc) is 2.47. The molecule has 0 aliphatic carbocycles. The first-order valence-corrected chi connectivity index (χ1v) is 7.24. The van der Waals surface area contributed by atoms with Crippen LogP contribution in [0.25, 0.3) is 0 Å². The fourth-order valence-electron chi connectivity index (χ4n) is 2.00. The molecule has 0 bridgehead atoms. The van der Waals surface area contributed by atoms with Crippen LogP contribution >= 0.6 is 0 Å². The summed E-state index contributed by atoms with van der Waals surface area (Å²) in [6.45, 7) is 9.09. The van der Waals surface area contributed by atoms with Gasteiger partial charge in [-0.1, -0.05) is 35.5 Å². The number of halogens is 1. The Kier molecular flexibility index (Phi) is 9.81. The molecule has 0 heterocycles. The first kappa shape index (κ1) is 20.3. The summed E-state index contributed by atoms with van der Waals surface area (Å²) in [5, 5.41) is 14.1. The maximum Gasteiger partial charge on any atom is 0.148 e. The van der Waals surface area contributed by atoms with Crippen molar-refractivity contribution in [2.24, 2.45) is 5.16 Å². The van der Waals surface area contributed by atoms with Crippen LogP contribution in [0.4, 0.5) is 0 Å². The zero-order valence-electron chi connectivity index (χ0n) is 13.4. The number of quaternary nitrogens is 1. The summed E-state index contributed by atoms with van der Waals surface area (Å²) in [6, 6.07) is 9.88. The van der Waals surface area contributed by atoms with Crippen LogP contribution in [0.3, 0.4) is 0 Å². The molecule has 1 rings (SSSR count). The van der Waals surface area contributed by atoms with Gasteiger partial charge in [0.1, 0.15) is 19.3 Å². The van der Waals surface area contributed by atoms with Crippen molar-refractivity contribution in [1.82, 2.24) is 0 Å². The molecule has 0 fully saturated rings. The number of nitrogens with zero attached hydrogens (tertiary/aromatic N) is 2. The van der Waals surface area contributed by atoms with E-state index in [-0.39, 0.29) is 30.6 Å². The lowest BCUT2D eigenvalue weighted by Crippen LogP contribution is -3.00. The van der Waals surface area contributed by atoms with E-state index in [0.717, 1.165) is 28.8 Å². The second kappa shape index (κ2) is 10.1. The number of rotatable bonds is 8. The number of aliphatic hydroxyl groups is 1. The number of hydrogen-bond acceptors (Lipinski definition) is 3. The topological polar surface area (TPSA) is 41.8 Å². The van der Waals surface area contributed by atoms with Crippen molar-refractivity contribution >= 4 is 5.71 Å². The van der Waals surface area contributed by atoms with Crippen LogP contribution in [0.5, 0.6) is 0 Å². The summed E-state index contributed by atoms with van der Waals surface area (Å²) in [5.74, 6) is 0. The zero-order chi connectivity index (χ0) is 15.0. The van der Waals surface area contributed by atoms with Gasteiger partial charge in [-0.3, -0.25) is 0 Å². The van der Waals surface area contributed by atoms with E-state index >= 15 is 0 Å². The van der Waals surface area contributed by atoms with Gasteiger partial charge in [-0.15, -0.1) is 0 Å². The molecule has 0 saturated heterocycles. The van der Waals surface area contributed by atoms with Crippen LogP contribution in [-0.4, -0.2) is 54.7 Å². The molecule has 0 saturated carbocycles. The van der Waals surface area contributed by atoms with Crippen LogP contribution in [0.15, 0.2) is 35.5 Å². The van der Waals surface area contributed by atoms with Gasteiger partial charge < -0.3 is 38.4 Å². The van der Waals surface area contributed by atoms with Gasteiger partial charge >= 0.3 is 0 Å². The maximum atomic E-state index is 10.0. The highest BCUT2D eigenvalue weighted by Gasteiger charge is 2.21. The van der Waals surface area contributed by atoms with E-state index in [1.165, 1.54) is 0 Å². The van der Waals surface area contributed by atoms with Gasteiger partial charge in [-0.05, 0) is 26.3 Å². The molecule has 0 radical (unpaired) electrons. The van der Waals surface area contributed by atoms with Crippen molar-refractivity contribution in [2.45, 2.75) is 26.9 Å². The van der Waals surface area contributed by atoms with Gasteiger partial charge in [0, 0.05) is 0 Å². The average molecular weight is 406 g/mol. The van der Waals surface area contributed by atoms with E-state index in [2.05, 4.69) is 26.1 Å². The SMILES string of the molecule is CC[N+](C)(CC)CC(O)CO/N=C(\C)c1ccccc1.[I-]. The Morgan fingerprint density at radius 1 is 1.24 bits per heavy atom. The molecule has 120 valence electrons. The van der Waals surface area contributed by atoms with Gasteiger partial charge in [-0.2, -0.15) is 0 Å². The highest BCUT2D eigenvalue weighted by molar-refractivity contribution is 5.98. The number of benzene rings is 1. The Balaban J connectivity index is 0.00000400. The van der Waals surface area contributed by atoms with Crippen LogP contribution in [-0.2, 0) is 4.84 Å². The summed E-state index contributed by atoms with van der Waals surface area (Å²) in [6.07, 6.45) is -0.493. The minimum atomic E-state index is -0.493. The zero-order valence-corrected chi connectivity index (χ0v) is 15.6. The Bertz CT molecular complexity index is 420. The summed E-state index contributed by atoms with van der Waals surface area (Å²) in [4.78, 5) is 5.27. The number of aliphatic hydroxyl groups excluding tert-OH is 1. The third kappa shape index (κ3) is 7.24. The Morgan fingerprint density at radius 3 is 2.33 bits per heavy atom. The van der Waals surface area contributed by atoms with Crippen LogP contribution in [0.2, 0.25) is 0 Å². The smallest absolute Gasteiger partial charge is 0.148 e. The highest BCUT2D eigenvalue weighted by Crippen LogP contribution is 2.05. The third-order valence-corrected chi connectivity index (χ3v) is 3.84. The Morgan fingerprint density at radius 2 is 1.81 bits per heavy atom. The first-order valence-electron chi connectivity index (χ1n) is 7.24. The second-order valence-electron chi connectivity index (χ2n) is 5.43. The molecule has 1 aromatic carbocycles. The molecular formula is C16H27IN2O2. The molecule has 5 heteroatoms. The molecule has 1 N–H and O–H groups in total. The van der Waals surface area contributed by atoms with Gasteiger partial charge in [0.15, 0.2) is 0 Å². The fourth-order valence-corrected chi connectivity index (χ4v) is 2.00. The van der Waals surface area contributed by atoms with Crippen molar-refractivity contribution in [3.63, 3.8) is 0 Å². The molecule has 21 heavy (non-hydrogen) atoms. The molecule has 0 aliphatic rings. The summed E-state index contributed by atoms with van der Waals surface area (Å²) < 4.78 is 0.839. The first-order chi connectivity index (χ1) is 9.50. The lowest BCUT2D eigenvalue weighted by atomic mass is 10.1. The fraction of sp³-hybridized carbons (Fsp3) is 0.562. The van der Waals surface area contributed by atoms with Crippen molar-refractivity contribution in [3.05, 3.63) is 35.9 Å². The van der Waals surface area contributed by atoms with Crippen LogP contribution in [0, 0.1) is 0 Å². The van der Waals surface area contributed by atoms with Gasteiger partial charge in [0.05, 0.1) is 25.8 Å². The molecule has 0 aliphatic heterocycles. The molecular weight excluding hydrogens is 379 g/mol. The minimum Gasteiger partial charge on any atom is -1.00 e. The predicted molar refractivity (Wildman–Crippen MR) is 82.7 cm³/mol. The van der Waals surface area contributed by atoms with Crippen molar-refractivity contribution in [1.29, 1.82) is 0 Å². The number of oxime groups is 1. The van der Waals surface area contributed by atoms with E-state index < -0.39 is 6.10 Å². The Labute approximate surface area is 145 Å². The maximum absolute atomic E-state index is 10.0. The van der Waals surface area contributed by atoms with Gasteiger partial charge in [-0.25, -0.2) is 0 Å². The normalized spacial score (nSPS) is 13.5. The molecule has 1 atom stereocenters. The largest absolute Gasteiger partial charge is 1.00 e. The highest BCUT2D eigenvalue weighted by atomic mass is 127. The van der Waals surface area contributed by atoms with E-state index in [0.29, 0.717) is 6.54 Å². The van der Waals surface area contributed by atoms with E-state index in [4.69, 9.17) is 4.84 Å². The quantitative estimate of drug-likeness (QED) is 0.268. The van der Waals surface area contributed by atoms with E-state index in [1.54, 1.807) is 0 Å². The van der Waals surface area contributed by atoms with Crippen molar-refractivity contribution in [2.75, 3.05) is 33.3 Å². The Hall–Kier alpha value is -0.660. The summed E-state index contributed by atoms with van der Waals surface area (Å²) in [7, 11) is 2.14. The molecule has 0 spiro atoms. The molecule has 1 aromatic rings. The molecule has 0 amide bonds. The van der Waals surface area contributed by atoms with Crippen LogP contribution < -0.4 is 24.0 Å². The lowest BCUT2D eigenvalue weighted by molar-refractivity contribution is -0.909. The molecule has 4 nitrogen and oxygen atoms in total. The number of hydrogen-bond donors (Lipinski definition) is 1. The van der Waals surface area contributed by atoms with Gasteiger partial charge in [0.25, 0.3) is 0 Å². The predicted octanol–water partition coefficient (Wildman–Crippen LogP) is -0.721. The molecule has 0 aromatic heterocycles. The lowest BCUT2D eigenvalue weighted by Gasteiger charge is -2.33. The standard InChI is InChI=1S/C16H27N2O2.HI/c1-5-18(4,6-2)12-16(19)13-20-17-14(3)15-10-8-7-9-11-15;/h7-11,16,19H,5-6,12-13H2,1-4H3;1H/q+1;/p-1/b17-14+;. The molecule has 1 unspecified atom stereocenters. The van der Waals surface area contributed by atoms with E-state index in [1.807, 2.05) is 37.3 Å². The minimum absolute atomic E-state index is 0. The van der Waals surface area contributed by atoms with Crippen molar-refractivity contribution < 1.29 is 38.4 Å². The third-order valence-electron chi connectivity index (χ3n) is 3.84. The monoisotopic (exact) mass is 406 g/mol. The van der Waals surface area contributed by atoms with Crippen LogP contribution in [0.1, 0.15) is 26.3 Å². The summed E-state index contributed by atoms with van der Waals surface area (Å²) in [5.41, 5.74) is 1.85. The van der Waals surface area contributed by atoms with E-state index in [9.17, 15) is 5.11 Å².